The largest absolute Gasteiger partial charge is 1.00 e. The highest BCUT2D eigenvalue weighted by Gasteiger charge is 2.28. The maximum absolute atomic E-state index is 4.00. The van der Waals surface area contributed by atoms with Gasteiger partial charge in [0, 0.05) is 12.0 Å². The highest BCUT2D eigenvalue weighted by atomic mass is 35.5. The molecule has 0 saturated carbocycles. The van der Waals surface area contributed by atoms with Crippen molar-refractivity contribution in [3.05, 3.63) is 48.6 Å². The van der Waals surface area contributed by atoms with Gasteiger partial charge in [0.2, 0.25) is 0 Å². The van der Waals surface area contributed by atoms with Gasteiger partial charge in [-0.25, -0.2) is 0 Å². The van der Waals surface area contributed by atoms with E-state index in [4.69, 9.17) is 0 Å². The maximum atomic E-state index is 4.00. The maximum Gasteiger partial charge on any atom is 0.118 e. The molecule has 0 radical (unpaired) electrons. The smallest absolute Gasteiger partial charge is 0.118 e. The first kappa shape index (κ1) is 36.0. The molecule has 0 amide bonds. The lowest BCUT2D eigenvalue weighted by molar-refractivity contribution is -0.921. The molecule has 32 heavy (non-hydrogen) atoms. The molecule has 1 aromatic carbocycles. The average molecular weight is 490 g/mol. The molecule has 0 spiro atoms. The van der Waals surface area contributed by atoms with Crippen LogP contribution in [-0.4, -0.2) is 25.1 Å². The third-order valence-corrected chi connectivity index (χ3v) is 6.51. The predicted octanol–water partition coefficient (Wildman–Crippen LogP) is 6.45. The van der Waals surface area contributed by atoms with Gasteiger partial charge in [-0.05, 0) is 12.8 Å². The summed E-state index contributed by atoms with van der Waals surface area (Å²) in [6.07, 6.45) is 23.1. The quantitative estimate of drug-likeness (QED) is 0.135. The molecule has 0 heterocycles. The molecular weight excluding hydrogens is 435 g/mol. The van der Waals surface area contributed by atoms with E-state index in [1.54, 1.807) is 0 Å². The van der Waals surface area contributed by atoms with Crippen LogP contribution < -0.4 is 18.6 Å². The van der Waals surface area contributed by atoms with E-state index in [0.29, 0.717) is 6.04 Å². The Labute approximate surface area is 213 Å². The van der Waals surface area contributed by atoms with Gasteiger partial charge in [-0.15, -0.1) is 19.0 Å². The summed E-state index contributed by atoms with van der Waals surface area (Å²) in [5, 5.41) is 0. The summed E-state index contributed by atoms with van der Waals surface area (Å²) in [4.78, 5) is 0. The summed E-state index contributed by atoms with van der Waals surface area (Å²) in [6, 6.07) is 11.5. The lowest BCUT2D eigenvalue weighted by Crippen LogP contribution is -3.00. The van der Waals surface area contributed by atoms with Crippen molar-refractivity contribution in [2.24, 2.45) is 0 Å². The summed E-state index contributed by atoms with van der Waals surface area (Å²) in [5.41, 5.74) is 1.45. The van der Waals surface area contributed by atoms with Gasteiger partial charge in [0.15, 0.2) is 0 Å². The second-order valence-corrected chi connectivity index (χ2v) is 9.55. The van der Waals surface area contributed by atoms with Crippen LogP contribution in [0, 0.1) is 0 Å². The van der Waals surface area contributed by atoms with Crippen molar-refractivity contribution >= 4 is 12.4 Å². The molecule has 190 valence electrons. The minimum atomic E-state index is 0. The Hall–Kier alpha value is -0.540. The van der Waals surface area contributed by atoms with Crippen LogP contribution >= 0.6 is 12.4 Å². The first-order chi connectivity index (χ1) is 14.1. The van der Waals surface area contributed by atoms with Crippen LogP contribution in [0.15, 0.2) is 43.0 Å². The number of unbranched alkanes of at least 4 members (excludes halogenated alkanes) is 13. The zero-order valence-corrected chi connectivity index (χ0v) is 23.1. The number of halogens is 2. The monoisotopic (exact) mass is 488 g/mol. The molecule has 1 aromatic rings. The summed E-state index contributed by atoms with van der Waals surface area (Å²) in [7, 11) is 4.78. The van der Waals surface area contributed by atoms with Gasteiger partial charge in [0.05, 0.1) is 20.6 Å². The third kappa shape index (κ3) is 17.0. The highest BCUT2D eigenvalue weighted by molar-refractivity contribution is 5.85. The normalized spacial score (nSPS) is 11.6. The van der Waals surface area contributed by atoms with E-state index >= 15 is 0 Å². The summed E-state index contributed by atoms with van der Waals surface area (Å²) < 4.78 is 1.06. The van der Waals surface area contributed by atoms with Crippen LogP contribution in [0.3, 0.4) is 0 Å². The van der Waals surface area contributed by atoms with E-state index in [1.165, 1.54) is 102 Å². The Morgan fingerprint density at radius 1 is 0.750 bits per heavy atom. The number of benzene rings is 1. The van der Waals surface area contributed by atoms with Crippen LogP contribution in [-0.2, 0) is 0 Å². The van der Waals surface area contributed by atoms with Gasteiger partial charge in [-0.3, -0.25) is 0 Å². The lowest BCUT2D eigenvalue weighted by Gasteiger charge is -2.38. The molecule has 1 atom stereocenters. The Morgan fingerprint density at radius 3 is 1.56 bits per heavy atom. The van der Waals surface area contributed by atoms with Crippen LogP contribution in [0.5, 0.6) is 0 Å². The minimum absolute atomic E-state index is 0. The van der Waals surface area contributed by atoms with E-state index < -0.39 is 0 Å². The molecule has 0 aliphatic heterocycles. The highest BCUT2D eigenvalue weighted by Crippen LogP contribution is 2.29. The molecule has 1 rings (SSSR count). The topological polar surface area (TPSA) is 35.0 Å². The van der Waals surface area contributed by atoms with Gasteiger partial charge < -0.3 is 23.0 Å². The fourth-order valence-electron chi connectivity index (χ4n) is 4.53. The summed E-state index contributed by atoms with van der Waals surface area (Å²) >= 11 is 0. The van der Waals surface area contributed by atoms with Crippen molar-refractivity contribution in [1.29, 1.82) is 0 Å². The predicted molar refractivity (Wildman–Crippen MR) is 144 cm³/mol. The van der Waals surface area contributed by atoms with E-state index in [1.807, 2.05) is 0 Å². The molecule has 3 N–H and O–H groups in total. The molecule has 0 fully saturated rings. The molecule has 2 nitrogen and oxygen atoms in total. The van der Waals surface area contributed by atoms with Crippen molar-refractivity contribution in [2.45, 2.75) is 109 Å². The van der Waals surface area contributed by atoms with Gasteiger partial charge in [-0.1, -0.05) is 120 Å². The zero-order valence-electron chi connectivity index (χ0n) is 21.5. The Balaban J connectivity index is -0.00000280. The second-order valence-electron chi connectivity index (χ2n) is 9.55. The van der Waals surface area contributed by atoms with Crippen LogP contribution in [0.2, 0.25) is 0 Å². The molecule has 0 bridgehead atoms. The SMILES string of the molecule is C=CCC(c1ccccc1)[N+](C)(C)CCCCCCCCCCCCCCCC.Cl.N.[Cl-]. The zero-order chi connectivity index (χ0) is 21.2. The molecule has 0 aromatic heterocycles. The number of hydrogen-bond donors (Lipinski definition) is 1. The average Bonchev–Trinajstić information content (AvgIpc) is 2.72. The lowest BCUT2D eigenvalue weighted by atomic mass is 9.99. The fourth-order valence-corrected chi connectivity index (χ4v) is 4.53. The third-order valence-electron chi connectivity index (χ3n) is 6.51. The molecule has 4 heteroatoms. The van der Waals surface area contributed by atoms with Crippen molar-refractivity contribution < 1.29 is 16.9 Å². The molecular formula is C28H54Cl2N2. The minimum Gasteiger partial charge on any atom is -1.00 e. The van der Waals surface area contributed by atoms with Crippen LogP contribution in [0.25, 0.3) is 0 Å². The Morgan fingerprint density at radius 2 is 1.16 bits per heavy atom. The first-order valence-electron chi connectivity index (χ1n) is 12.6. The number of quaternary nitrogens is 1. The molecule has 1 unspecified atom stereocenters. The van der Waals surface area contributed by atoms with Gasteiger partial charge in [0.25, 0.3) is 0 Å². The van der Waals surface area contributed by atoms with E-state index in [0.717, 1.165) is 10.9 Å². The van der Waals surface area contributed by atoms with E-state index in [9.17, 15) is 0 Å². The van der Waals surface area contributed by atoms with Gasteiger partial charge in [-0.2, -0.15) is 0 Å². The number of rotatable bonds is 19. The van der Waals surface area contributed by atoms with Crippen LogP contribution in [0.4, 0.5) is 0 Å². The first-order valence-corrected chi connectivity index (χ1v) is 12.6. The second kappa shape index (κ2) is 23.6. The van der Waals surface area contributed by atoms with Crippen molar-refractivity contribution in [3.63, 3.8) is 0 Å². The summed E-state index contributed by atoms with van der Waals surface area (Å²) in [5.74, 6) is 0. The number of nitrogens with zero attached hydrogens (tertiary/aromatic N) is 1. The van der Waals surface area contributed by atoms with Crippen molar-refractivity contribution in [3.8, 4) is 0 Å². The van der Waals surface area contributed by atoms with Crippen molar-refractivity contribution in [2.75, 3.05) is 20.6 Å². The Bertz CT molecular complexity index is 505. The van der Waals surface area contributed by atoms with E-state index in [-0.39, 0.29) is 31.0 Å². The van der Waals surface area contributed by atoms with Crippen LogP contribution in [0.1, 0.15) is 115 Å². The molecule has 0 aliphatic carbocycles. The van der Waals surface area contributed by atoms with Gasteiger partial charge in [0.1, 0.15) is 6.04 Å². The molecule has 0 saturated heterocycles. The van der Waals surface area contributed by atoms with E-state index in [2.05, 4.69) is 64.0 Å². The summed E-state index contributed by atoms with van der Waals surface area (Å²) in [6.45, 7) is 7.55. The van der Waals surface area contributed by atoms with Gasteiger partial charge >= 0.3 is 0 Å². The standard InChI is InChI=1S/C28H50N.2ClH.H3N/c1-5-7-8-9-10-11-12-13-14-15-16-17-18-22-26-29(3,4)28(23-6-2)27-24-20-19-21-25-27;;;/h6,19-21,24-25,28H,2,5,7-18,22-23,26H2,1,3-4H3;2*1H;1H3/q+1;;;/p-1. The van der Waals surface area contributed by atoms with Crippen molar-refractivity contribution in [1.82, 2.24) is 6.15 Å². The Kier molecular flexibility index (Phi) is 26.6. The fraction of sp³-hybridized carbons (Fsp3) is 0.714. The molecule has 0 aliphatic rings. The number of hydrogen-bond acceptors (Lipinski definition) is 1.